The van der Waals surface area contributed by atoms with E-state index >= 15 is 0 Å². The molecule has 0 aliphatic carbocycles. The first kappa shape index (κ1) is 33.9. The van der Waals surface area contributed by atoms with Crippen molar-refractivity contribution in [1.82, 2.24) is 34.0 Å². The lowest BCUT2D eigenvalue weighted by Crippen LogP contribution is -2.61. The van der Waals surface area contributed by atoms with Crippen LogP contribution in [0.25, 0.3) is 0 Å². The molecule has 2 aromatic rings. The summed E-state index contributed by atoms with van der Waals surface area (Å²) in [7, 11) is -3.40. The molecule has 1 aromatic heterocycles. The van der Waals surface area contributed by atoms with Crippen LogP contribution >= 0.6 is 0 Å². The van der Waals surface area contributed by atoms with Crippen LogP contribution in [-0.4, -0.2) is 120 Å². The second-order valence-corrected chi connectivity index (χ2v) is 15.7. The predicted octanol–water partition coefficient (Wildman–Crippen LogP) is 3.05. The lowest BCUT2D eigenvalue weighted by molar-refractivity contribution is -0.0301. The van der Waals surface area contributed by atoms with Crippen LogP contribution in [0.1, 0.15) is 70.2 Å². The Bertz CT molecular complexity index is 1510. The summed E-state index contributed by atoms with van der Waals surface area (Å²) in [5.74, 6) is 0.101. The van der Waals surface area contributed by atoms with Crippen molar-refractivity contribution in [3.8, 4) is 11.6 Å². The summed E-state index contributed by atoms with van der Waals surface area (Å²) in [5.41, 5.74) is 0.292. The number of nitrogens with one attached hydrogen (secondary N) is 1. The Labute approximate surface area is 277 Å². The zero-order valence-corrected chi connectivity index (χ0v) is 28.6. The molecule has 13 nitrogen and oxygen atoms in total. The Morgan fingerprint density at radius 2 is 1.85 bits per heavy atom. The Morgan fingerprint density at radius 1 is 1.13 bits per heavy atom. The van der Waals surface area contributed by atoms with Gasteiger partial charge in [-0.25, -0.2) is 9.37 Å². The van der Waals surface area contributed by atoms with E-state index in [1.54, 1.807) is 4.90 Å². The van der Waals surface area contributed by atoms with Crippen molar-refractivity contribution in [2.75, 3.05) is 57.3 Å². The van der Waals surface area contributed by atoms with Gasteiger partial charge in [0.15, 0.2) is 5.82 Å². The number of likely N-dealkylation sites (tertiary alicyclic amines) is 1. The summed E-state index contributed by atoms with van der Waals surface area (Å²) in [6.07, 6.45) is 6.11. The number of nitrogens with zero attached hydrogens (tertiary/aromatic N) is 7. The molecule has 0 saturated carbocycles. The molecule has 0 radical (unpaired) electrons. The third-order valence-electron chi connectivity index (χ3n) is 9.87. The number of anilines is 1. The van der Waals surface area contributed by atoms with Crippen LogP contribution in [0.5, 0.6) is 11.6 Å². The second kappa shape index (κ2) is 13.9. The van der Waals surface area contributed by atoms with Crippen LogP contribution in [0.15, 0.2) is 24.5 Å². The molecule has 47 heavy (non-hydrogen) atoms. The number of rotatable bonds is 11. The molecule has 258 valence electrons. The minimum Gasteiger partial charge on any atom is -0.434 e. The number of halogens is 1. The average Bonchev–Trinajstić information content (AvgIpc) is 2.97. The van der Waals surface area contributed by atoms with Crippen molar-refractivity contribution >= 4 is 21.9 Å². The number of aromatic nitrogens is 3. The first-order valence-corrected chi connectivity index (χ1v) is 18.2. The molecule has 0 bridgehead atoms. The number of hydrogen-bond donors (Lipinski definition) is 1. The van der Waals surface area contributed by atoms with Crippen molar-refractivity contribution in [2.45, 2.75) is 84.0 Å². The molecule has 2 atom stereocenters. The molecule has 15 heteroatoms. The van der Waals surface area contributed by atoms with Crippen molar-refractivity contribution in [3.05, 3.63) is 35.9 Å². The lowest BCUT2D eigenvalue weighted by Gasteiger charge is -2.54. The molecule has 0 unspecified atom stereocenters. The maximum absolute atomic E-state index is 14.3. The van der Waals surface area contributed by atoms with Gasteiger partial charge in [0, 0.05) is 56.3 Å². The molecule has 1 amide bonds. The Kier molecular flexibility index (Phi) is 10.0. The number of piperidine rings is 1. The van der Waals surface area contributed by atoms with E-state index in [2.05, 4.69) is 29.7 Å². The van der Waals surface area contributed by atoms with Crippen LogP contribution in [-0.2, 0) is 14.9 Å². The highest BCUT2D eigenvalue weighted by atomic mass is 32.2. The van der Waals surface area contributed by atoms with Gasteiger partial charge in [-0.3, -0.25) is 4.79 Å². The molecule has 5 heterocycles. The number of carbonyl (C=O) groups excluding carboxylic acids is 1. The lowest BCUT2D eigenvalue weighted by atomic mass is 9.72. The van der Waals surface area contributed by atoms with E-state index in [0.717, 1.165) is 64.8 Å². The summed E-state index contributed by atoms with van der Waals surface area (Å²) in [6, 6.07) is 3.60. The molecular weight excluding hydrogens is 627 g/mol. The minimum absolute atomic E-state index is 0.0816. The quantitative estimate of drug-likeness (QED) is 0.379. The van der Waals surface area contributed by atoms with Crippen LogP contribution in [0, 0.1) is 11.2 Å². The summed E-state index contributed by atoms with van der Waals surface area (Å²) in [4.78, 5) is 24.3. The predicted molar refractivity (Wildman–Crippen MR) is 174 cm³/mol. The number of hydrogen-bond acceptors (Lipinski definition) is 10. The molecule has 4 saturated heterocycles. The zero-order chi connectivity index (χ0) is 33.3. The molecule has 4 fully saturated rings. The van der Waals surface area contributed by atoms with Gasteiger partial charge in [0.05, 0.1) is 18.3 Å². The van der Waals surface area contributed by atoms with Gasteiger partial charge >= 0.3 is 0 Å². The maximum Gasteiger partial charge on any atom is 0.282 e. The summed E-state index contributed by atoms with van der Waals surface area (Å²) in [5, 5.41) is 8.14. The van der Waals surface area contributed by atoms with Crippen molar-refractivity contribution in [2.24, 2.45) is 5.41 Å². The van der Waals surface area contributed by atoms with E-state index < -0.39 is 16.0 Å². The van der Waals surface area contributed by atoms with Gasteiger partial charge < -0.3 is 24.2 Å². The molecule has 6 rings (SSSR count). The fourth-order valence-electron chi connectivity index (χ4n) is 7.19. The van der Waals surface area contributed by atoms with Crippen molar-refractivity contribution in [1.29, 1.82) is 0 Å². The zero-order valence-electron chi connectivity index (χ0n) is 27.8. The molecule has 1 spiro atoms. The molecule has 4 aliphatic rings. The third kappa shape index (κ3) is 7.53. The highest BCUT2D eigenvalue weighted by molar-refractivity contribution is 7.87. The second-order valence-electron chi connectivity index (χ2n) is 14.0. The minimum atomic E-state index is -3.40. The molecule has 1 N–H and O–H groups in total. The summed E-state index contributed by atoms with van der Waals surface area (Å²) in [6.45, 7) is 13.7. The van der Waals surface area contributed by atoms with Crippen molar-refractivity contribution in [3.63, 3.8) is 0 Å². The fraction of sp³-hybridized carbons (Fsp3) is 0.688. The van der Waals surface area contributed by atoms with Gasteiger partial charge in [0.2, 0.25) is 0 Å². The van der Waals surface area contributed by atoms with E-state index in [1.165, 1.54) is 28.8 Å². The van der Waals surface area contributed by atoms with Gasteiger partial charge in [-0.05, 0) is 91.1 Å². The molecular formula is C32H47FN8O5S. The van der Waals surface area contributed by atoms with E-state index in [1.807, 2.05) is 27.7 Å². The maximum atomic E-state index is 14.3. The smallest absolute Gasteiger partial charge is 0.282 e. The summed E-state index contributed by atoms with van der Waals surface area (Å²) >= 11 is 0. The Hall–Kier alpha value is -2.98. The largest absolute Gasteiger partial charge is 0.434 e. The monoisotopic (exact) mass is 674 g/mol. The first-order chi connectivity index (χ1) is 22.4. The fourth-order valence-corrected chi connectivity index (χ4v) is 8.69. The average molecular weight is 675 g/mol. The van der Waals surface area contributed by atoms with Gasteiger partial charge in [0.1, 0.15) is 17.9 Å². The van der Waals surface area contributed by atoms with Gasteiger partial charge in [-0.15, -0.1) is 10.2 Å². The highest BCUT2D eigenvalue weighted by Gasteiger charge is 2.46. The van der Waals surface area contributed by atoms with E-state index in [4.69, 9.17) is 9.47 Å². The van der Waals surface area contributed by atoms with Gasteiger partial charge in [-0.2, -0.15) is 17.4 Å². The van der Waals surface area contributed by atoms with Crippen LogP contribution in [0.3, 0.4) is 0 Å². The first-order valence-electron chi connectivity index (χ1n) is 16.8. The van der Waals surface area contributed by atoms with Crippen LogP contribution in [0.4, 0.5) is 10.2 Å². The van der Waals surface area contributed by atoms with Crippen molar-refractivity contribution < 1.29 is 27.1 Å². The SMILES string of the molecule is CC(C)N(C(=O)c1cc(F)ccc1Oc1nncnc1N1CC2(CCN(C[C@@H]3CC[C@@H](NS(=O)(=O)N4CCC4)CO3)CC2)C1)C(C)C. The standard InChI is InChI=1S/C32H47FN8O5S/c1-22(2)41(23(3)4)31(42)27-16-24(33)6-9-28(27)46-30-29(34-21-35-36-30)39-19-32(20-39)10-14-38(15-11-32)17-26-8-7-25(18-45-26)37-47(43,44)40-12-5-13-40/h6,9,16,21-23,25-26,37H,5,7-8,10-15,17-20H2,1-4H3/t25-,26+/m1/s1. The van der Waals surface area contributed by atoms with Crippen LogP contribution < -0.4 is 14.4 Å². The molecule has 4 aliphatic heterocycles. The normalized spacial score (nSPS) is 23.5. The van der Waals surface area contributed by atoms with E-state index in [-0.39, 0.29) is 52.7 Å². The number of ether oxygens (including phenoxy) is 2. The summed E-state index contributed by atoms with van der Waals surface area (Å²) < 4.78 is 55.7. The van der Waals surface area contributed by atoms with E-state index in [0.29, 0.717) is 25.5 Å². The molecule has 1 aromatic carbocycles. The Morgan fingerprint density at radius 3 is 2.47 bits per heavy atom. The number of carbonyl (C=O) groups is 1. The van der Waals surface area contributed by atoms with Crippen LogP contribution in [0.2, 0.25) is 0 Å². The van der Waals surface area contributed by atoms with Gasteiger partial charge in [-0.1, -0.05) is 0 Å². The highest BCUT2D eigenvalue weighted by Crippen LogP contribution is 2.44. The third-order valence-corrected chi connectivity index (χ3v) is 11.5. The van der Waals surface area contributed by atoms with Gasteiger partial charge in [0.25, 0.3) is 22.0 Å². The topological polar surface area (TPSA) is 133 Å². The number of benzene rings is 1. The van der Waals surface area contributed by atoms with E-state index in [9.17, 15) is 17.6 Å². The Balaban J connectivity index is 1.02. The number of amides is 1.